The molecule has 2 N–H and O–H groups in total. The van der Waals surface area contributed by atoms with E-state index in [1.807, 2.05) is 24.3 Å². The lowest BCUT2D eigenvalue weighted by Gasteiger charge is -2.18. The molecular formula is C13H18ClNO. The highest BCUT2D eigenvalue weighted by atomic mass is 35.5. The number of halogens is 1. The van der Waals surface area contributed by atoms with Crippen molar-refractivity contribution in [2.45, 2.75) is 31.9 Å². The van der Waals surface area contributed by atoms with E-state index in [2.05, 4.69) is 12.2 Å². The van der Waals surface area contributed by atoms with Crippen LogP contribution < -0.4 is 5.32 Å². The third kappa shape index (κ3) is 2.97. The first kappa shape index (κ1) is 11.9. The van der Waals surface area contributed by atoms with Crippen molar-refractivity contribution in [2.75, 3.05) is 6.54 Å². The van der Waals surface area contributed by atoms with Gasteiger partial charge in [0.2, 0.25) is 0 Å². The van der Waals surface area contributed by atoms with Gasteiger partial charge in [0.05, 0.1) is 6.10 Å². The van der Waals surface area contributed by atoms with Crippen LogP contribution in [0.1, 0.15) is 31.4 Å². The second-order valence-corrected chi connectivity index (χ2v) is 4.96. The van der Waals surface area contributed by atoms with Gasteiger partial charge >= 0.3 is 0 Å². The standard InChI is InChI=1S/C13H18ClNO/c1-9(11-4-2-3-5-12(11)14)15-8-13(16)10-6-7-10/h2-5,9-10,13,15-16H,6-8H2,1H3. The average Bonchev–Trinajstić information content (AvgIpc) is 3.10. The van der Waals surface area contributed by atoms with Gasteiger partial charge in [-0.2, -0.15) is 0 Å². The van der Waals surface area contributed by atoms with Crippen LogP contribution in [0.4, 0.5) is 0 Å². The van der Waals surface area contributed by atoms with E-state index in [9.17, 15) is 5.11 Å². The fraction of sp³-hybridized carbons (Fsp3) is 0.538. The molecule has 0 saturated heterocycles. The summed E-state index contributed by atoms with van der Waals surface area (Å²) in [6.07, 6.45) is 2.14. The zero-order valence-electron chi connectivity index (χ0n) is 9.49. The van der Waals surface area contributed by atoms with Crippen molar-refractivity contribution in [1.82, 2.24) is 5.32 Å². The maximum atomic E-state index is 9.76. The molecule has 1 aliphatic carbocycles. The maximum absolute atomic E-state index is 9.76. The fourth-order valence-electron chi connectivity index (χ4n) is 1.88. The van der Waals surface area contributed by atoms with Crippen LogP contribution in [0.3, 0.4) is 0 Å². The van der Waals surface area contributed by atoms with E-state index in [1.165, 1.54) is 12.8 Å². The molecule has 0 aliphatic heterocycles. The molecular weight excluding hydrogens is 222 g/mol. The molecule has 2 nitrogen and oxygen atoms in total. The number of aliphatic hydroxyl groups excluding tert-OH is 1. The van der Waals surface area contributed by atoms with Gasteiger partial charge in [-0.1, -0.05) is 29.8 Å². The zero-order valence-corrected chi connectivity index (χ0v) is 10.2. The van der Waals surface area contributed by atoms with Crippen molar-refractivity contribution in [3.63, 3.8) is 0 Å². The minimum Gasteiger partial charge on any atom is -0.392 e. The van der Waals surface area contributed by atoms with Crippen LogP contribution in [0.2, 0.25) is 5.02 Å². The molecule has 16 heavy (non-hydrogen) atoms. The van der Waals surface area contributed by atoms with Gasteiger partial charge in [-0.15, -0.1) is 0 Å². The number of nitrogens with one attached hydrogen (secondary N) is 1. The Bertz CT molecular complexity index is 352. The first-order valence-corrected chi connectivity index (χ1v) is 6.22. The van der Waals surface area contributed by atoms with E-state index in [0.717, 1.165) is 10.6 Å². The van der Waals surface area contributed by atoms with Crippen LogP contribution >= 0.6 is 11.6 Å². The molecule has 3 heteroatoms. The first-order chi connectivity index (χ1) is 7.68. The Labute approximate surface area is 102 Å². The molecule has 2 unspecified atom stereocenters. The van der Waals surface area contributed by atoms with Crippen molar-refractivity contribution in [3.05, 3.63) is 34.9 Å². The van der Waals surface area contributed by atoms with Gasteiger partial charge in [-0.05, 0) is 37.3 Å². The van der Waals surface area contributed by atoms with E-state index in [0.29, 0.717) is 12.5 Å². The SMILES string of the molecule is CC(NCC(O)C1CC1)c1ccccc1Cl. The summed E-state index contributed by atoms with van der Waals surface area (Å²) < 4.78 is 0. The van der Waals surface area contributed by atoms with Gasteiger partial charge in [0.1, 0.15) is 0 Å². The Morgan fingerprint density at radius 2 is 2.12 bits per heavy atom. The smallest absolute Gasteiger partial charge is 0.0692 e. The average molecular weight is 240 g/mol. The molecule has 0 bridgehead atoms. The number of hydrogen-bond acceptors (Lipinski definition) is 2. The van der Waals surface area contributed by atoms with Crippen LogP contribution in [0.25, 0.3) is 0 Å². The van der Waals surface area contributed by atoms with Gasteiger partial charge in [0.25, 0.3) is 0 Å². The summed E-state index contributed by atoms with van der Waals surface area (Å²) in [5.41, 5.74) is 1.09. The molecule has 2 rings (SSSR count). The molecule has 1 aliphatic rings. The van der Waals surface area contributed by atoms with Gasteiger partial charge in [-0.25, -0.2) is 0 Å². The minimum atomic E-state index is -0.204. The van der Waals surface area contributed by atoms with E-state index in [4.69, 9.17) is 11.6 Å². The largest absolute Gasteiger partial charge is 0.392 e. The normalized spacial score (nSPS) is 19.4. The molecule has 0 radical (unpaired) electrons. The monoisotopic (exact) mass is 239 g/mol. The van der Waals surface area contributed by atoms with Crippen molar-refractivity contribution >= 4 is 11.6 Å². The minimum absolute atomic E-state index is 0.182. The van der Waals surface area contributed by atoms with E-state index in [-0.39, 0.29) is 12.1 Å². The van der Waals surface area contributed by atoms with Crippen LogP contribution in [-0.2, 0) is 0 Å². The lowest BCUT2D eigenvalue weighted by molar-refractivity contribution is 0.145. The Morgan fingerprint density at radius 1 is 1.44 bits per heavy atom. The van der Waals surface area contributed by atoms with Crippen molar-refractivity contribution in [1.29, 1.82) is 0 Å². The first-order valence-electron chi connectivity index (χ1n) is 5.84. The molecule has 0 amide bonds. The van der Waals surface area contributed by atoms with Crippen molar-refractivity contribution < 1.29 is 5.11 Å². The number of aliphatic hydroxyl groups is 1. The Kier molecular flexibility index (Phi) is 3.85. The molecule has 0 heterocycles. The highest BCUT2D eigenvalue weighted by Gasteiger charge is 2.29. The van der Waals surface area contributed by atoms with Gasteiger partial charge in [0, 0.05) is 17.6 Å². The summed E-state index contributed by atoms with van der Waals surface area (Å²) in [5.74, 6) is 0.519. The van der Waals surface area contributed by atoms with Crippen molar-refractivity contribution in [2.24, 2.45) is 5.92 Å². The highest BCUT2D eigenvalue weighted by molar-refractivity contribution is 6.31. The molecule has 1 aromatic carbocycles. The third-order valence-corrected chi connectivity index (χ3v) is 3.52. The van der Waals surface area contributed by atoms with E-state index in [1.54, 1.807) is 0 Å². The molecule has 88 valence electrons. The van der Waals surface area contributed by atoms with Crippen LogP contribution in [0, 0.1) is 5.92 Å². The lowest BCUT2D eigenvalue weighted by atomic mass is 10.1. The Hall–Kier alpha value is -0.570. The molecule has 1 aromatic rings. The summed E-state index contributed by atoms with van der Waals surface area (Å²) in [5, 5.41) is 13.9. The van der Waals surface area contributed by atoms with Crippen LogP contribution in [0.5, 0.6) is 0 Å². The summed E-state index contributed by atoms with van der Waals surface area (Å²) >= 11 is 6.11. The fourth-order valence-corrected chi connectivity index (χ4v) is 2.18. The van der Waals surface area contributed by atoms with Crippen LogP contribution in [0.15, 0.2) is 24.3 Å². The van der Waals surface area contributed by atoms with E-state index < -0.39 is 0 Å². The summed E-state index contributed by atoms with van der Waals surface area (Å²) in [7, 11) is 0. The van der Waals surface area contributed by atoms with Gasteiger partial charge in [0.15, 0.2) is 0 Å². The van der Waals surface area contributed by atoms with E-state index >= 15 is 0 Å². The third-order valence-electron chi connectivity index (χ3n) is 3.17. The van der Waals surface area contributed by atoms with Gasteiger partial charge in [-0.3, -0.25) is 0 Å². The molecule has 0 spiro atoms. The number of hydrogen-bond donors (Lipinski definition) is 2. The molecule has 1 saturated carbocycles. The number of rotatable bonds is 5. The Balaban J connectivity index is 1.87. The molecule has 2 atom stereocenters. The Morgan fingerprint density at radius 3 is 2.75 bits per heavy atom. The summed E-state index contributed by atoms with van der Waals surface area (Å²) in [6.45, 7) is 2.72. The predicted molar refractivity (Wildman–Crippen MR) is 66.6 cm³/mol. The predicted octanol–water partition coefficient (Wildman–Crippen LogP) is 2.76. The lowest BCUT2D eigenvalue weighted by Crippen LogP contribution is -2.30. The summed E-state index contributed by atoms with van der Waals surface area (Å²) in [6, 6.07) is 8.01. The zero-order chi connectivity index (χ0) is 11.5. The maximum Gasteiger partial charge on any atom is 0.0692 e. The van der Waals surface area contributed by atoms with Crippen LogP contribution in [-0.4, -0.2) is 17.8 Å². The van der Waals surface area contributed by atoms with Crippen molar-refractivity contribution in [3.8, 4) is 0 Å². The summed E-state index contributed by atoms with van der Waals surface area (Å²) in [4.78, 5) is 0. The topological polar surface area (TPSA) is 32.3 Å². The number of benzene rings is 1. The quantitative estimate of drug-likeness (QED) is 0.828. The van der Waals surface area contributed by atoms with Gasteiger partial charge < -0.3 is 10.4 Å². The highest BCUT2D eigenvalue weighted by Crippen LogP contribution is 2.32. The molecule has 0 aromatic heterocycles. The second-order valence-electron chi connectivity index (χ2n) is 4.56. The second kappa shape index (κ2) is 5.17. The molecule has 1 fully saturated rings.